The molecule has 24 heavy (non-hydrogen) atoms. The van der Waals surface area contributed by atoms with Crippen LogP contribution in [-0.4, -0.2) is 22.9 Å². The first-order valence-corrected chi connectivity index (χ1v) is 8.76. The second-order valence-corrected chi connectivity index (χ2v) is 6.55. The van der Waals surface area contributed by atoms with Crippen molar-refractivity contribution in [2.75, 3.05) is 6.61 Å². The summed E-state index contributed by atoms with van der Waals surface area (Å²) in [7, 11) is 0. The van der Waals surface area contributed by atoms with E-state index in [9.17, 15) is 5.11 Å². The molecule has 0 bridgehead atoms. The topological polar surface area (TPSA) is 67.5 Å². The Labute approximate surface area is 143 Å². The molecule has 1 aromatic heterocycles. The number of phenolic OH excluding ortho intramolecular Hbond substituents is 1. The first-order valence-electron chi connectivity index (χ1n) is 8.76. The summed E-state index contributed by atoms with van der Waals surface area (Å²) in [5.41, 5.74) is 2.07. The van der Waals surface area contributed by atoms with E-state index >= 15 is 0 Å². The van der Waals surface area contributed by atoms with Gasteiger partial charge >= 0.3 is 0 Å². The highest BCUT2D eigenvalue weighted by Gasteiger charge is 2.28. The number of rotatable bonds is 7. The molecule has 5 heteroatoms. The minimum atomic E-state index is 0.194. The van der Waals surface area contributed by atoms with Gasteiger partial charge in [0.2, 0.25) is 0 Å². The molecule has 0 radical (unpaired) electrons. The Hall–Kier alpha value is -2.01. The largest absolute Gasteiger partial charge is 0.504 e. The highest BCUT2D eigenvalue weighted by molar-refractivity contribution is 5.41. The van der Waals surface area contributed by atoms with Gasteiger partial charge in [-0.1, -0.05) is 17.6 Å². The number of aryl methyl sites for hydroxylation is 1. The van der Waals surface area contributed by atoms with Crippen LogP contribution in [0.2, 0.25) is 0 Å². The lowest BCUT2D eigenvalue weighted by Gasteiger charge is -2.20. The van der Waals surface area contributed by atoms with Gasteiger partial charge in [-0.3, -0.25) is 0 Å². The van der Waals surface area contributed by atoms with Crippen LogP contribution in [0, 0.1) is 12.8 Å². The number of nitrogens with one attached hydrogen (secondary N) is 1. The number of ether oxygens (including phenoxy) is 1. The average Bonchev–Trinajstić information content (AvgIpc) is 3.18. The summed E-state index contributed by atoms with van der Waals surface area (Å²) in [6, 6.07) is 8.07. The van der Waals surface area contributed by atoms with Gasteiger partial charge in [0.25, 0.3) is 0 Å². The third kappa shape index (κ3) is 4.09. The zero-order valence-electron chi connectivity index (χ0n) is 14.4. The molecule has 130 valence electrons. The van der Waals surface area contributed by atoms with Crippen molar-refractivity contribution in [3.63, 3.8) is 0 Å². The third-order valence-corrected chi connectivity index (χ3v) is 4.69. The van der Waals surface area contributed by atoms with E-state index in [0.29, 0.717) is 24.3 Å². The zero-order valence-corrected chi connectivity index (χ0v) is 14.4. The van der Waals surface area contributed by atoms with Gasteiger partial charge in [-0.2, -0.15) is 0 Å². The number of hydrogen-bond donors (Lipinski definition) is 2. The lowest BCUT2D eigenvalue weighted by atomic mass is 9.97. The Kier molecular flexibility index (Phi) is 5.41. The summed E-state index contributed by atoms with van der Waals surface area (Å²) in [5, 5.41) is 17.4. The van der Waals surface area contributed by atoms with Crippen LogP contribution < -0.4 is 10.1 Å². The molecule has 2 atom stereocenters. The number of hydrogen-bond acceptors (Lipinski definition) is 5. The molecule has 3 rings (SSSR count). The molecular formula is C19H26N2O3. The number of aromatic nitrogens is 1. The number of benzene rings is 1. The van der Waals surface area contributed by atoms with Crippen molar-refractivity contribution in [3.05, 3.63) is 41.3 Å². The molecule has 0 spiro atoms. The maximum atomic E-state index is 9.79. The molecule has 2 N–H and O–H groups in total. The van der Waals surface area contributed by atoms with E-state index in [1.54, 1.807) is 6.07 Å². The lowest BCUT2D eigenvalue weighted by Crippen LogP contribution is -2.32. The molecule has 1 aliphatic carbocycles. The molecule has 0 amide bonds. The summed E-state index contributed by atoms with van der Waals surface area (Å²) in [4.78, 5) is 0. The van der Waals surface area contributed by atoms with Crippen molar-refractivity contribution in [2.45, 2.75) is 52.1 Å². The highest BCUT2D eigenvalue weighted by atomic mass is 16.5. The Morgan fingerprint density at radius 3 is 2.96 bits per heavy atom. The van der Waals surface area contributed by atoms with Crippen LogP contribution in [-0.2, 0) is 13.0 Å². The Bertz CT molecular complexity index is 668. The molecule has 0 unspecified atom stereocenters. The highest BCUT2D eigenvalue weighted by Crippen LogP contribution is 2.30. The predicted molar refractivity (Wildman–Crippen MR) is 92.2 cm³/mol. The normalized spacial score (nSPS) is 20.4. The van der Waals surface area contributed by atoms with E-state index in [1.165, 1.54) is 19.3 Å². The van der Waals surface area contributed by atoms with E-state index in [4.69, 9.17) is 9.26 Å². The maximum absolute atomic E-state index is 9.79. The molecule has 0 aliphatic heterocycles. The number of aromatic hydroxyl groups is 1. The third-order valence-electron chi connectivity index (χ3n) is 4.69. The smallest absolute Gasteiger partial charge is 0.161 e. The minimum absolute atomic E-state index is 0.194. The molecule has 1 saturated carbocycles. The maximum Gasteiger partial charge on any atom is 0.161 e. The Morgan fingerprint density at radius 2 is 2.21 bits per heavy atom. The average molecular weight is 330 g/mol. The molecule has 2 aromatic rings. The summed E-state index contributed by atoms with van der Waals surface area (Å²) in [6.07, 6.45) is 4.60. The first kappa shape index (κ1) is 16.8. The van der Waals surface area contributed by atoms with Crippen molar-refractivity contribution < 1.29 is 14.4 Å². The van der Waals surface area contributed by atoms with Gasteiger partial charge in [0.05, 0.1) is 12.3 Å². The molecule has 1 heterocycles. The van der Waals surface area contributed by atoms with Crippen LogP contribution in [0.5, 0.6) is 11.5 Å². The SMILES string of the molecule is CCOc1cc(CN[C@@H]2CCC[C@H]2Cc2cc(C)no2)ccc1O. The van der Waals surface area contributed by atoms with Crippen LogP contribution in [0.3, 0.4) is 0 Å². The monoisotopic (exact) mass is 330 g/mol. The summed E-state index contributed by atoms with van der Waals surface area (Å²) >= 11 is 0. The van der Waals surface area contributed by atoms with Gasteiger partial charge in [-0.25, -0.2) is 0 Å². The summed E-state index contributed by atoms with van der Waals surface area (Å²) in [5.74, 6) is 2.31. The van der Waals surface area contributed by atoms with Crippen LogP contribution >= 0.6 is 0 Å². The van der Waals surface area contributed by atoms with E-state index < -0.39 is 0 Å². The van der Waals surface area contributed by atoms with Gasteiger partial charge in [0.1, 0.15) is 5.76 Å². The van der Waals surface area contributed by atoms with Crippen molar-refractivity contribution in [3.8, 4) is 11.5 Å². The molecule has 0 saturated heterocycles. The van der Waals surface area contributed by atoms with E-state index in [2.05, 4.69) is 10.5 Å². The van der Waals surface area contributed by atoms with Crippen LogP contribution in [0.15, 0.2) is 28.8 Å². The fourth-order valence-corrected chi connectivity index (χ4v) is 3.51. The fraction of sp³-hybridized carbons (Fsp3) is 0.526. The summed E-state index contributed by atoms with van der Waals surface area (Å²) in [6.45, 7) is 5.19. The van der Waals surface area contributed by atoms with Crippen LogP contribution in [0.4, 0.5) is 0 Å². The zero-order chi connectivity index (χ0) is 16.9. The molecule has 1 aromatic carbocycles. The Balaban J connectivity index is 1.58. The van der Waals surface area contributed by atoms with Crippen molar-refractivity contribution in [2.24, 2.45) is 5.92 Å². The lowest BCUT2D eigenvalue weighted by molar-refractivity contribution is 0.316. The Morgan fingerprint density at radius 1 is 1.33 bits per heavy atom. The molecule has 1 fully saturated rings. The van der Waals surface area contributed by atoms with Gasteiger partial charge in [0, 0.05) is 25.1 Å². The van der Waals surface area contributed by atoms with Gasteiger partial charge in [0.15, 0.2) is 11.5 Å². The molecule has 5 nitrogen and oxygen atoms in total. The van der Waals surface area contributed by atoms with Gasteiger partial charge in [-0.15, -0.1) is 0 Å². The van der Waals surface area contributed by atoms with Crippen LogP contribution in [0.25, 0.3) is 0 Å². The first-order chi connectivity index (χ1) is 11.7. The van der Waals surface area contributed by atoms with Crippen molar-refractivity contribution in [1.82, 2.24) is 10.5 Å². The molecule has 1 aliphatic rings. The van der Waals surface area contributed by atoms with E-state index in [0.717, 1.165) is 30.0 Å². The predicted octanol–water partition coefficient (Wildman–Crippen LogP) is 3.59. The number of nitrogens with zero attached hydrogens (tertiary/aromatic N) is 1. The molecular weight excluding hydrogens is 304 g/mol. The van der Waals surface area contributed by atoms with Gasteiger partial charge in [-0.05, 0) is 50.3 Å². The van der Waals surface area contributed by atoms with E-state index in [1.807, 2.05) is 32.0 Å². The van der Waals surface area contributed by atoms with Gasteiger partial charge < -0.3 is 19.7 Å². The standard InChI is InChI=1S/C19H26N2O3/c1-3-23-19-10-14(7-8-18(19)22)12-20-17-6-4-5-15(17)11-16-9-13(2)21-24-16/h7-10,15,17,20,22H,3-6,11-12H2,1-2H3/t15-,17+/m0/s1. The van der Waals surface area contributed by atoms with Crippen LogP contribution in [0.1, 0.15) is 43.2 Å². The summed E-state index contributed by atoms with van der Waals surface area (Å²) < 4.78 is 10.8. The minimum Gasteiger partial charge on any atom is -0.504 e. The van der Waals surface area contributed by atoms with Crippen molar-refractivity contribution >= 4 is 0 Å². The van der Waals surface area contributed by atoms with E-state index in [-0.39, 0.29) is 5.75 Å². The quantitative estimate of drug-likeness (QED) is 0.812. The fourth-order valence-electron chi connectivity index (χ4n) is 3.51. The van der Waals surface area contributed by atoms with Crippen molar-refractivity contribution in [1.29, 1.82) is 0 Å². The second kappa shape index (κ2) is 7.71. The number of phenols is 1. The second-order valence-electron chi connectivity index (χ2n) is 6.55.